The van der Waals surface area contributed by atoms with Crippen molar-refractivity contribution in [1.29, 1.82) is 0 Å². The number of aryl methyl sites for hydroxylation is 1. The fourth-order valence-electron chi connectivity index (χ4n) is 3.25. The Morgan fingerprint density at radius 2 is 1.88 bits per heavy atom. The second-order valence-electron chi connectivity index (χ2n) is 6.81. The van der Waals surface area contributed by atoms with E-state index in [4.69, 9.17) is 4.74 Å². The number of hydrogen-bond donors (Lipinski definition) is 0. The summed E-state index contributed by atoms with van der Waals surface area (Å²) in [6, 6.07) is 8.47. The molecule has 2 amide bonds. The predicted molar refractivity (Wildman–Crippen MR) is 103 cm³/mol. The van der Waals surface area contributed by atoms with Crippen LogP contribution < -0.4 is 4.90 Å². The highest BCUT2D eigenvalue weighted by molar-refractivity contribution is 5.78. The molecule has 0 saturated carbocycles. The molecule has 144 valence electrons. The standard InChI is InChI=1S/C20H31N3O3/c1-17-6-4-7-19(16-17)22-11-13-23(14-12-22)20(25)8-10-21(18(2)24)9-5-15-26-3/h4,6-7,16H,5,8-15H2,1-3H3. The summed E-state index contributed by atoms with van der Waals surface area (Å²) in [4.78, 5) is 30.2. The number of ether oxygens (including phenoxy) is 1. The lowest BCUT2D eigenvalue weighted by molar-refractivity contribution is -0.133. The van der Waals surface area contributed by atoms with Crippen LogP contribution in [0.2, 0.25) is 0 Å². The Hall–Kier alpha value is -2.08. The van der Waals surface area contributed by atoms with Crippen LogP contribution in [0.25, 0.3) is 0 Å². The van der Waals surface area contributed by atoms with Gasteiger partial charge in [0.1, 0.15) is 0 Å². The van der Waals surface area contributed by atoms with Gasteiger partial charge in [-0.2, -0.15) is 0 Å². The second kappa shape index (κ2) is 10.2. The van der Waals surface area contributed by atoms with E-state index in [1.807, 2.05) is 4.90 Å². The zero-order chi connectivity index (χ0) is 18.9. The smallest absolute Gasteiger partial charge is 0.224 e. The first-order valence-electron chi connectivity index (χ1n) is 9.35. The maximum absolute atomic E-state index is 12.5. The fourth-order valence-corrected chi connectivity index (χ4v) is 3.25. The molecule has 6 heteroatoms. The third-order valence-corrected chi connectivity index (χ3v) is 4.82. The number of amides is 2. The fraction of sp³-hybridized carbons (Fsp3) is 0.600. The highest BCUT2D eigenvalue weighted by atomic mass is 16.5. The summed E-state index contributed by atoms with van der Waals surface area (Å²) >= 11 is 0. The largest absolute Gasteiger partial charge is 0.385 e. The first-order valence-corrected chi connectivity index (χ1v) is 9.35. The Labute approximate surface area is 156 Å². The van der Waals surface area contributed by atoms with E-state index in [-0.39, 0.29) is 11.8 Å². The number of anilines is 1. The number of carbonyl (C=O) groups is 2. The van der Waals surface area contributed by atoms with Crippen LogP contribution in [0.5, 0.6) is 0 Å². The van der Waals surface area contributed by atoms with Crippen molar-refractivity contribution in [1.82, 2.24) is 9.80 Å². The van der Waals surface area contributed by atoms with Crippen LogP contribution in [-0.4, -0.2) is 74.6 Å². The normalized spacial score (nSPS) is 14.4. The van der Waals surface area contributed by atoms with Crippen molar-refractivity contribution < 1.29 is 14.3 Å². The van der Waals surface area contributed by atoms with E-state index in [0.717, 1.165) is 32.6 Å². The Morgan fingerprint density at radius 3 is 2.50 bits per heavy atom. The van der Waals surface area contributed by atoms with Crippen LogP contribution in [0.1, 0.15) is 25.3 Å². The molecule has 0 spiro atoms. The van der Waals surface area contributed by atoms with E-state index >= 15 is 0 Å². The minimum Gasteiger partial charge on any atom is -0.385 e. The van der Waals surface area contributed by atoms with Crippen molar-refractivity contribution in [2.24, 2.45) is 0 Å². The van der Waals surface area contributed by atoms with Gasteiger partial charge in [0.05, 0.1) is 0 Å². The van der Waals surface area contributed by atoms with Gasteiger partial charge in [-0.3, -0.25) is 9.59 Å². The topological polar surface area (TPSA) is 53.1 Å². The third kappa shape index (κ3) is 6.02. The summed E-state index contributed by atoms with van der Waals surface area (Å²) in [5, 5.41) is 0. The molecule has 1 saturated heterocycles. The molecule has 1 aromatic rings. The molecule has 0 aliphatic carbocycles. The van der Waals surface area contributed by atoms with Crippen LogP contribution >= 0.6 is 0 Å². The molecular weight excluding hydrogens is 330 g/mol. The Balaban J connectivity index is 1.77. The SMILES string of the molecule is COCCCN(CCC(=O)N1CCN(c2cccc(C)c2)CC1)C(C)=O. The molecule has 0 radical (unpaired) electrons. The predicted octanol–water partition coefficient (Wildman–Crippen LogP) is 1.92. The number of nitrogens with zero attached hydrogens (tertiary/aromatic N) is 3. The van der Waals surface area contributed by atoms with Crippen molar-refractivity contribution in [3.05, 3.63) is 29.8 Å². The average molecular weight is 361 g/mol. The van der Waals surface area contributed by atoms with Crippen molar-refractivity contribution >= 4 is 17.5 Å². The molecule has 2 rings (SSSR count). The maximum Gasteiger partial charge on any atom is 0.224 e. The first-order chi connectivity index (χ1) is 12.5. The summed E-state index contributed by atoms with van der Waals surface area (Å²) < 4.78 is 5.03. The van der Waals surface area contributed by atoms with Gasteiger partial charge in [0.25, 0.3) is 0 Å². The van der Waals surface area contributed by atoms with Gasteiger partial charge in [-0.05, 0) is 31.0 Å². The monoisotopic (exact) mass is 361 g/mol. The van der Waals surface area contributed by atoms with Gasteiger partial charge in [0, 0.05) is 72.0 Å². The van der Waals surface area contributed by atoms with Crippen molar-refractivity contribution in [3.63, 3.8) is 0 Å². The second-order valence-corrected chi connectivity index (χ2v) is 6.81. The molecular formula is C20H31N3O3. The summed E-state index contributed by atoms with van der Waals surface area (Å²) in [5.74, 6) is 0.144. The number of piperazine rings is 1. The molecule has 1 aromatic carbocycles. The Kier molecular flexibility index (Phi) is 7.91. The van der Waals surface area contributed by atoms with Crippen LogP contribution in [0.3, 0.4) is 0 Å². The molecule has 0 unspecified atom stereocenters. The molecule has 0 atom stereocenters. The number of rotatable bonds is 8. The van der Waals surface area contributed by atoms with E-state index in [2.05, 4.69) is 36.1 Å². The van der Waals surface area contributed by atoms with Crippen LogP contribution in [0.15, 0.2) is 24.3 Å². The zero-order valence-electron chi connectivity index (χ0n) is 16.2. The van der Waals surface area contributed by atoms with Crippen LogP contribution in [-0.2, 0) is 14.3 Å². The lowest BCUT2D eigenvalue weighted by Gasteiger charge is -2.36. The average Bonchev–Trinajstić information content (AvgIpc) is 2.64. The molecule has 0 aromatic heterocycles. The molecule has 1 heterocycles. The Morgan fingerprint density at radius 1 is 1.15 bits per heavy atom. The molecule has 26 heavy (non-hydrogen) atoms. The minimum atomic E-state index is 0.0122. The van der Waals surface area contributed by atoms with Gasteiger partial charge >= 0.3 is 0 Å². The summed E-state index contributed by atoms with van der Waals surface area (Å²) in [6.07, 6.45) is 1.18. The van der Waals surface area contributed by atoms with E-state index in [0.29, 0.717) is 26.1 Å². The van der Waals surface area contributed by atoms with Gasteiger partial charge in [-0.25, -0.2) is 0 Å². The minimum absolute atomic E-state index is 0.0122. The summed E-state index contributed by atoms with van der Waals surface area (Å²) in [7, 11) is 1.65. The molecule has 1 aliphatic rings. The quantitative estimate of drug-likeness (QED) is 0.664. The van der Waals surface area contributed by atoms with Gasteiger partial charge < -0.3 is 19.4 Å². The van der Waals surface area contributed by atoms with Crippen LogP contribution in [0.4, 0.5) is 5.69 Å². The zero-order valence-corrected chi connectivity index (χ0v) is 16.2. The number of carbonyl (C=O) groups excluding carboxylic acids is 2. The summed E-state index contributed by atoms with van der Waals surface area (Å²) in [6.45, 7) is 8.55. The third-order valence-electron chi connectivity index (χ3n) is 4.82. The van der Waals surface area contributed by atoms with E-state index in [1.54, 1.807) is 18.9 Å². The maximum atomic E-state index is 12.5. The van der Waals surface area contributed by atoms with Gasteiger partial charge in [0.15, 0.2) is 0 Å². The van der Waals surface area contributed by atoms with E-state index < -0.39 is 0 Å². The highest BCUT2D eigenvalue weighted by Crippen LogP contribution is 2.18. The van der Waals surface area contributed by atoms with Gasteiger partial charge in [0.2, 0.25) is 11.8 Å². The van der Waals surface area contributed by atoms with E-state index in [9.17, 15) is 9.59 Å². The van der Waals surface area contributed by atoms with Crippen LogP contribution in [0, 0.1) is 6.92 Å². The number of hydrogen-bond acceptors (Lipinski definition) is 4. The van der Waals surface area contributed by atoms with Gasteiger partial charge in [-0.1, -0.05) is 12.1 Å². The van der Waals surface area contributed by atoms with Gasteiger partial charge in [-0.15, -0.1) is 0 Å². The first kappa shape index (κ1) is 20.2. The Bertz CT molecular complexity index is 598. The van der Waals surface area contributed by atoms with Crippen molar-refractivity contribution in [3.8, 4) is 0 Å². The molecule has 6 nitrogen and oxygen atoms in total. The van der Waals surface area contributed by atoms with Crippen molar-refractivity contribution in [2.75, 3.05) is 57.9 Å². The van der Waals surface area contributed by atoms with Crippen molar-refractivity contribution in [2.45, 2.75) is 26.7 Å². The lowest BCUT2D eigenvalue weighted by atomic mass is 10.2. The van der Waals surface area contributed by atoms with E-state index in [1.165, 1.54) is 11.3 Å². The molecule has 1 aliphatic heterocycles. The lowest BCUT2D eigenvalue weighted by Crippen LogP contribution is -2.49. The highest BCUT2D eigenvalue weighted by Gasteiger charge is 2.22. The number of methoxy groups -OCH3 is 1. The molecule has 1 fully saturated rings. The molecule has 0 N–H and O–H groups in total. The molecule has 0 bridgehead atoms. The number of benzene rings is 1. The summed E-state index contributed by atoms with van der Waals surface area (Å²) in [5.41, 5.74) is 2.47.